The second-order valence-corrected chi connectivity index (χ2v) is 7.77. The molecule has 6 nitrogen and oxygen atoms in total. The Kier molecular flexibility index (Phi) is 6.62. The lowest BCUT2D eigenvalue weighted by Crippen LogP contribution is -2.24. The molecule has 0 fully saturated rings. The van der Waals surface area contributed by atoms with E-state index in [1.807, 2.05) is 18.2 Å². The molecule has 2 amide bonds. The number of rotatable bonds is 6. The topological polar surface area (TPSA) is 82.6 Å². The lowest BCUT2D eigenvalue weighted by atomic mass is 9.94. The quantitative estimate of drug-likeness (QED) is 0.390. The zero-order chi connectivity index (χ0) is 24.1. The highest BCUT2D eigenvalue weighted by molar-refractivity contribution is 6.00. The highest BCUT2D eigenvalue weighted by Crippen LogP contribution is 2.31. The predicted molar refractivity (Wildman–Crippen MR) is 124 cm³/mol. The summed E-state index contributed by atoms with van der Waals surface area (Å²) in [6.07, 6.45) is -2.04. The molecule has 174 valence electrons. The maximum atomic E-state index is 12.9. The second-order valence-electron chi connectivity index (χ2n) is 7.77. The van der Waals surface area contributed by atoms with Crippen molar-refractivity contribution >= 4 is 29.4 Å². The van der Waals surface area contributed by atoms with Crippen LogP contribution < -0.4 is 16.1 Å². The first kappa shape index (κ1) is 23.0. The normalized spacial score (nSPS) is 14.6. The number of benzene rings is 3. The summed E-state index contributed by atoms with van der Waals surface area (Å²) in [7, 11) is 0. The SMILES string of the molecule is O=C(Nc1cccc(C(F)(F)F)c1)Nc1ccc2c(c1)C(CCC(=O)c1ccccc1)NN=C2. The summed E-state index contributed by atoms with van der Waals surface area (Å²) in [5.41, 5.74) is 4.98. The van der Waals surface area contributed by atoms with Gasteiger partial charge in [-0.25, -0.2) is 4.79 Å². The molecule has 1 unspecified atom stereocenters. The average molecular weight is 466 g/mol. The molecule has 0 saturated heterocycles. The van der Waals surface area contributed by atoms with E-state index in [0.29, 0.717) is 24.1 Å². The number of anilines is 2. The minimum absolute atomic E-state index is 0.0215. The van der Waals surface area contributed by atoms with Gasteiger partial charge in [0.2, 0.25) is 0 Å². The van der Waals surface area contributed by atoms with Crippen LogP contribution in [0.3, 0.4) is 0 Å². The first-order chi connectivity index (χ1) is 16.3. The summed E-state index contributed by atoms with van der Waals surface area (Å²) < 4.78 is 38.7. The number of carbonyl (C=O) groups is 2. The molecule has 0 radical (unpaired) electrons. The number of hydrogen-bond acceptors (Lipinski definition) is 4. The molecule has 1 atom stereocenters. The van der Waals surface area contributed by atoms with E-state index in [1.54, 1.807) is 36.5 Å². The molecule has 9 heteroatoms. The monoisotopic (exact) mass is 466 g/mol. The third kappa shape index (κ3) is 5.61. The van der Waals surface area contributed by atoms with Gasteiger partial charge in [0.15, 0.2) is 5.78 Å². The molecule has 0 bridgehead atoms. The van der Waals surface area contributed by atoms with Gasteiger partial charge in [0.25, 0.3) is 0 Å². The Balaban J connectivity index is 1.42. The lowest BCUT2D eigenvalue weighted by molar-refractivity contribution is -0.137. The summed E-state index contributed by atoms with van der Waals surface area (Å²) in [5, 5.41) is 9.20. The Hall–Kier alpha value is -4.14. The van der Waals surface area contributed by atoms with E-state index < -0.39 is 17.8 Å². The van der Waals surface area contributed by atoms with Crippen molar-refractivity contribution in [3.8, 4) is 0 Å². The van der Waals surface area contributed by atoms with Crippen molar-refractivity contribution in [1.29, 1.82) is 0 Å². The minimum Gasteiger partial charge on any atom is -0.308 e. The van der Waals surface area contributed by atoms with E-state index >= 15 is 0 Å². The number of ketones is 1. The fraction of sp³-hybridized carbons (Fsp3) is 0.160. The van der Waals surface area contributed by atoms with Gasteiger partial charge in [-0.05, 0) is 47.9 Å². The molecule has 0 aliphatic carbocycles. The zero-order valence-corrected chi connectivity index (χ0v) is 17.9. The molecule has 1 heterocycles. The Bertz CT molecular complexity index is 1230. The third-order valence-electron chi connectivity index (χ3n) is 5.36. The van der Waals surface area contributed by atoms with Gasteiger partial charge in [-0.3, -0.25) is 4.79 Å². The molecular formula is C25H21F3N4O2. The number of alkyl halides is 3. The Morgan fingerprint density at radius 1 is 0.912 bits per heavy atom. The first-order valence-electron chi connectivity index (χ1n) is 10.6. The minimum atomic E-state index is -4.50. The molecule has 1 aliphatic rings. The molecule has 3 aromatic carbocycles. The Morgan fingerprint density at radius 3 is 2.38 bits per heavy atom. The number of carbonyl (C=O) groups excluding carboxylic acids is 2. The number of Topliss-reactive ketones (excluding diaryl/α,β-unsaturated/α-hetero) is 1. The molecule has 1 aliphatic heterocycles. The van der Waals surface area contributed by atoms with Crippen molar-refractivity contribution in [2.75, 3.05) is 10.6 Å². The van der Waals surface area contributed by atoms with E-state index in [-0.39, 0.29) is 17.5 Å². The summed E-state index contributed by atoms with van der Waals surface area (Å²) in [6.45, 7) is 0. The number of nitrogens with one attached hydrogen (secondary N) is 3. The molecule has 3 N–H and O–H groups in total. The molecule has 4 rings (SSSR count). The van der Waals surface area contributed by atoms with Gasteiger partial charge in [0.1, 0.15) is 0 Å². The van der Waals surface area contributed by atoms with Gasteiger partial charge >= 0.3 is 12.2 Å². The van der Waals surface area contributed by atoms with Gasteiger partial charge in [-0.15, -0.1) is 0 Å². The number of halogens is 3. The molecule has 0 saturated carbocycles. The molecule has 0 aromatic heterocycles. The number of nitrogens with zero attached hydrogens (tertiary/aromatic N) is 1. The maximum absolute atomic E-state index is 12.9. The highest BCUT2D eigenvalue weighted by Gasteiger charge is 2.30. The van der Waals surface area contributed by atoms with E-state index in [2.05, 4.69) is 21.2 Å². The second kappa shape index (κ2) is 9.78. The van der Waals surface area contributed by atoms with Crippen LogP contribution in [0.25, 0.3) is 0 Å². The summed E-state index contributed by atoms with van der Waals surface area (Å²) in [5.74, 6) is 0.0215. The number of fused-ring (bicyclic) bond motifs is 1. The average Bonchev–Trinajstić information content (AvgIpc) is 2.82. The van der Waals surface area contributed by atoms with Crippen molar-refractivity contribution in [1.82, 2.24) is 5.43 Å². The van der Waals surface area contributed by atoms with Gasteiger partial charge in [0, 0.05) is 23.4 Å². The van der Waals surface area contributed by atoms with E-state index in [9.17, 15) is 22.8 Å². The van der Waals surface area contributed by atoms with Crippen molar-refractivity contribution in [2.24, 2.45) is 5.10 Å². The van der Waals surface area contributed by atoms with Crippen LogP contribution in [0.15, 0.2) is 77.9 Å². The highest BCUT2D eigenvalue weighted by atomic mass is 19.4. The number of urea groups is 1. The lowest BCUT2D eigenvalue weighted by Gasteiger charge is -2.23. The van der Waals surface area contributed by atoms with Gasteiger partial charge in [-0.2, -0.15) is 18.3 Å². The summed E-state index contributed by atoms with van der Waals surface area (Å²) in [6, 6.07) is 17.7. The fourth-order valence-electron chi connectivity index (χ4n) is 3.67. The zero-order valence-electron chi connectivity index (χ0n) is 17.9. The maximum Gasteiger partial charge on any atom is 0.416 e. The van der Waals surface area contributed by atoms with Crippen molar-refractivity contribution < 1.29 is 22.8 Å². The van der Waals surface area contributed by atoms with Crippen LogP contribution in [0.2, 0.25) is 0 Å². The van der Waals surface area contributed by atoms with Crippen molar-refractivity contribution in [3.05, 3.63) is 95.1 Å². The number of hydrazone groups is 1. The molecule has 34 heavy (non-hydrogen) atoms. The van der Waals surface area contributed by atoms with E-state index in [4.69, 9.17) is 0 Å². The van der Waals surface area contributed by atoms with Crippen LogP contribution in [0, 0.1) is 0 Å². The van der Waals surface area contributed by atoms with Crippen LogP contribution in [-0.4, -0.2) is 18.0 Å². The summed E-state index contributed by atoms with van der Waals surface area (Å²) in [4.78, 5) is 24.8. The van der Waals surface area contributed by atoms with Crippen LogP contribution in [-0.2, 0) is 6.18 Å². The Morgan fingerprint density at radius 2 is 1.65 bits per heavy atom. The van der Waals surface area contributed by atoms with Crippen LogP contribution in [0.5, 0.6) is 0 Å². The first-order valence-corrected chi connectivity index (χ1v) is 10.6. The van der Waals surface area contributed by atoms with E-state index in [0.717, 1.165) is 23.3 Å². The van der Waals surface area contributed by atoms with E-state index in [1.165, 1.54) is 12.1 Å². The standard InChI is InChI=1S/C25H21F3N4O2/c26-25(27,28)18-7-4-8-19(13-18)30-24(34)31-20-10-9-17-15-29-32-22(21(17)14-20)11-12-23(33)16-5-2-1-3-6-16/h1-10,13-15,22,32H,11-12H2,(H2,30,31,34). The number of hydrogen-bond donors (Lipinski definition) is 3. The van der Waals surface area contributed by atoms with Crippen LogP contribution in [0.1, 0.15) is 45.9 Å². The molecule has 0 spiro atoms. The van der Waals surface area contributed by atoms with Crippen LogP contribution in [0.4, 0.5) is 29.3 Å². The number of amides is 2. The van der Waals surface area contributed by atoms with Crippen LogP contribution >= 0.6 is 0 Å². The smallest absolute Gasteiger partial charge is 0.308 e. The largest absolute Gasteiger partial charge is 0.416 e. The molecular weight excluding hydrogens is 445 g/mol. The fourth-order valence-corrected chi connectivity index (χ4v) is 3.67. The third-order valence-corrected chi connectivity index (χ3v) is 5.36. The predicted octanol–water partition coefficient (Wildman–Crippen LogP) is 5.99. The van der Waals surface area contributed by atoms with Crippen molar-refractivity contribution in [3.63, 3.8) is 0 Å². The summed E-state index contributed by atoms with van der Waals surface area (Å²) >= 11 is 0. The molecule has 3 aromatic rings. The van der Waals surface area contributed by atoms with Crippen molar-refractivity contribution in [2.45, 2.75) is 25.1 Å². The van der Waals surface area contributed by atoms with Gasteiger partial charge < -0.3 is 16.1 Å². The Labute approximate surface area is 193 Å². The van der Waals surface area contributed by atoms with Gasteiger partial charge in [0.05, 0.1) is 17.8 Å². The van der Waals surface area contributed by atoms with Gasteiger partial charge in [-0.1, -0.05) is 42.5 Å².